The van der Waals surface area contributed by atoms with Gasteiger partial charge in [-0.25, -0.2) is 19.6 Å². The lowest BCUT2D eigenvalue weighted by Crippen LogP contribution is -2.52. The summed E-state index contributed by atoms with van der Waals surface area (Å²) in [6.07, 6.45) is 5.51. The lowest BCUT2D eigenvalue weighted by Gasteiger charge is -2.32. The van der Waals surface area contributed by atoms with Crippen molar-refractivity contribution in [3.63, 3.8) is 0 Å². The molecule has 0 spiro atoms. The van der Waals surface area contributed by atoms with Crippen molar-refractivity contribution in [2.24, 2.45) is 23.7 Å². The first kappa shape index (κ1) is 39.2. The van der Waals surface area contributed by atoms with Crippen LogP contribution in [0.3, 0.4) is 0 Å². The fraction of sp³-hybridized carbons (Fsp3) is 0.500. The third kappa shape index (κ3) is 7.80. The number of hydrogen-bond donors (Lipinski definition) is 5. The molecule has 8 atom stereocenters. The molecule has 2 aliphatic heterocycles. The number of carboxylic acid groups (broad SMARTS) is 1. The molecule has 14 heteroatoms. The van der Waals surface area contributed by atoms with Crippen molar-refractivity contribution in [2.45, 2.75) is 116 Å². The smallest absolute Gasteiger partial charge is 0.408 e. The van der Waals surface area contributed by atoms with Crippen LogP contribution in [0.15, 0.2) is 60.9 Å². The van der Waals surface area contributed by atoms with Crippen molar-refractivity contribution < 1.29 is 29.0 Å². The lowest BCUT2D eigenvalue weighted by atomic mass is 10.0. The molecule has 2 aromatic heterocycles. The van der Waals surface area contributed by atoms with E-state index >= 15 is 0 Å². The number of nitrogens with zero attached hydrogens (tertiary/aromatic N) is 4. The van der Waals surface area contributed by atoms with Gasteiger partial charge in [0.2, 0.25) is 11.8 Å². The molecule has 5 N–H and O–H groups in total. The molecule has 2 aromatic carbocycles. The number of hydrogen-bond acceptors (Lipinski definition) is 7. The third-order valence-corrected chi connectivity index (χ3v) is 12.1. The van der Waals surface area contributed by atoms with E-state index in [0.29, 0.717) is 17.7 Å². The van der Waals surface area contributed by atoms with Crippen molar-refractivity contribution in [3.05, 3.63) is 72.6 Å². The molecule has 58 heavy (non-hydrogen) atoms. The summed E-state index contributed by atoms with van der Waals surface area (Å²) >= 11 is 0. The highest BCUT2D eigenvalue weighted by Gasteiger charge is 2.57. The van der Waals surface area contributed by atoms with E-state index in [9.17, 15) is 24.3 Å². The van der Waals surface area contributed by atoms with E-state index in [1.807, 2.05) is 74.2 Å². The Labute approximate surface area is 338 Å². The van der Waals surface area contributed by atoms with Gasteiger partial charge in [-0.3, -0.25) is 9.59 Å². The minimum atomic E-state index is -1.20. The molecule has 2 saturated heterocycles. The molecule has 4 fully saturated rings. The van der Waals surface area contributed by atoms with Gasteiger partial charge in [0.05, 0.1) is 23.5 Å². The van der Waals surface area contributed by atoms with Gasteiger partial charge in [0, 0.05) is 35.6 Å². The number of piperidine rings is 2. The van der Waals surface area contributed by atoms with E-state index < -0.39 is 29.9 Å². The highest BCUT2D eigenvalue weighted by Crippen LogP contribution is 2.54. The highest BCUT2D eigenvalue weighted by molar-refractivity contribution is 5.88. The summed E-state index contributed by atoms with van der Waals surface area (Å²) in [5.74, 6) is 1.72. The van der Waals surface area contributed by atoms with Gasteiger partial charge in [0.15, 0.2) is 0 Å². The van der Waals surface area contributed by atoms with E-state index in [-0.39, 0.29) is 47.8 Å². The van der Waals surface area contributed by atoms with Crippen LogP contribution in [0.2, 0.25) is 0 Å². The molecule has 0 bridgehead atoms. The number of benzene rings is 2. The summed E-state index contributed by atoms with van der Waals surface area (Å²) in [5.41, 5.74) is 4.90. The first-order valence-electron chi connectivity index (χ1n) is 20.5. The van der Waals surface area contributed by atoms with Gasteiger partial charge in [0.25, 0.3) is 0 Å². The van der Waals surface area contributed by atoms with Gasteiger partial charge < -0.3 is 40.2 Å². The minimum Gasteiger partial charge on any atom is -0.465 e. The quantitative estimate of drug-likeness (QED) is 0.105. The summed E-state index contributed by atoms with van der Waals surface area (Å²) in [6.45, 7) is 13.0. The average Bonchev–Trinajstić information content (AvgIpc) is 3.76. The van der Waals surface area contributed by atoms with Crippen LogP contribution in [-0.4, -0.2) is 88.6 Å². The molecule has 0 unspecified atom stereocenters. The van der Waals surface area contributed by atoms with E-state index in [4.69, 9.17) is 14.7 Å². The zero-order valence-electron chi connectivity index (χ0n) is 34.2. The Morgan fingerprint density at radius 3 is 1.45 bits per heavy atom. The third-order valence-electron chi connectivity index (χ3n) is 12.1. The van der Waals surface area contributed by atoms with Crippen LogP contribution in [-0.2, 0) is 14.3 Å². The second-order valence-electron chi connectivity index (χ2n) is 18.2. The van der Waals surface area contributed by atoms with Crippen molar-refractivity contribution in [1.29, 1.82) is 0 Å². The number of alkyl carbamates (subject to hydrolysis) is 1. The topological polar surface area (TPSA) is 186 Å². The number of H-pyrrole nitrogens is 2. The van der Waals surface area contributed by atoms with E-state index in [1.165, 1.54) is 0 Å². The van der Waals surface area contributed by atoms with Gasteiger partial charge >= 0.3 is 12.2 Å². The molecule has 8 rings (SSSR count). The summed E-state index contributed by atoms with van der Waals surface area (Å²) in [7, 11) is 0. The van der Waals surface area contributed by atoms with Crippen molar-refractivity contribution in [2.75, 3.05) is 0 Å². The largest absolute Gasteiger partial charge is 0.465 e. The van der Waals surface area contributed by atoms with Crippen molar-refractivity contribution >= 4 is 24.0 Å². The summed E-state index contributed by atoms with van der Waals surface area (Å²) in [6, 6.07) is 14.8. The number of imidazole rings is 2. The number of carbonyl (C=O) groups excluding carboxylic acids is 3. The van der Waals surface area contributed by atoms with Gasteiger partial charge in [-0.15, -0.1) is 0 Å². The van der Waals surface area contributed by atoms with Gasteiger partial charge in [-0.1, -0.05) is 76.2 Å². The van der Waals surface area contributed by atoms with Crippen molar-refractivity contribution in [1.82, 2.24) is 40.4 Å². The fourth-order valence-electron chi connectivity index (χ4n) is 8.93. The SMILES string of the molecule is CC(C)[C@@H](NC(=O)O)C(=O)N1[C@@H](c2nc(-c3ccc(-c4ccc(-c5c[nH]c([C@@H]6C[C@H]7C[C@H]7N6C(=O)[C@H](NC(=O)OC(C)(C)C)C(C)C)n5)cc4)cc3)c[nH]2)C[C@H]2C[C@H]21. The molecule has 4 amide bonds. The normalized spacial score (nSPS) is 24.3. The molecular formula is C44H54N8O6. The van der Waals surface area contributed by atoms with E-state index in [0.717, 1.165) is 65.1 Å². The Morgan fingerprint density at radius 1 is 0.672 bits per heavy atom. The van der Waals surface area contributed by atoms with Crippen LogP contribution in [0.5, 0.6) is 0 Å². The summed E-state index contributed by atoms with van der Waals surface area (Å²) < 4.78 is 5.47. The Balaban J connectivity index is 0.924. The number of nitrogens with one attached hydrogen (secondary N) is 4. The van der Waals surface area contributed by atoms with Crippen LogP contribution in [0, 0.1) is 23.7 Å². The lowest BCUT2D eigenvalue weighted by molar-refractivity contribution is -0.137. The number of ether oxygens (including phenoxy) is 1. The molecular weight excluding hydrogens is 737 g/mol. The number of rotatable bonds is 11. The monoisotopic (exact) mass is 790 g/mol. The molecule has 2 aliphatic carbocycles. The Bertz CT molecular complexity index is 2190. The highest BCUT2D eigenvalue weighted by atomic mass is 16.6. The van der Waals surface area contributed by atoms with Crippen LogP contribution in [0.4, 0.5) is 9.59 Å². The molecule has 4 aromatic rings. The van der Waals surface area contributed by atoms with Gasteiger partial charge in [-0.2, -0.15) is 0 Å². The van der Waals surface area contributed by atoms with Crippen LogP contribution >= 0.6 is 0 Å². The Kier molecular flexibility index (Phi) is 10.1. The molecule has 4 heterocycles. The first-order chi connectivity index (χ1) is 27.6. The predicted molar refractivity (Wildman–Crippen MR) is 217 cm³/mol. The maximum Gasteiger partial charge on any atom is 0.408 e. The van der Waals surface area contributed by atoms with Crippen LogP contribution < -0.4 is 10.6 Å². The standard InChI is InChI=1S/C44H54N8O6/c1-22(2)36(49-42(55)56)40(53)51-32-16-28(32)18-34(51)38-45-20-30(47-38)26-12-8-24(9-13-26)25-10-14-27(15-11-25)31-21-46-39(48-31)35-19-29-17-33(29)52(35)41(54)37(23(3)4)50-43(57)58-44(5,6)7/h8-15,20-23,28-29,32-37,49H,16-19H2,1-7H3,(H,45,47)(H,46,48)(H,50,57)(H,55,56)/t28-,29-,32-,33-,34-,35+,36-,37-/m1/s1. The van der Waals surface area contributed by atoms with Gasteiger partial charge in [-0.05, 0) is 81.3 Å². The molecule has 2 saturated carbocycles. The number of aromatic nitrogens is 4. The second kappa shape index (κ2) is 14.9. The maximum atomic E-state index is 14.0. The molecule has 14 nitrogen and oxygen atoms in total. The molecule has 306 valence electrons. The maximum absolute atomic E-state index is 14.0. The Morgan fingerprint density at radius 2 is 1.07 bits per heavy atom. The fourth-order valence-corrected chi connectivity index (χ4v) is 8.93. The average molecular weight is 791 g/mol. The number of amides is 4. The second-order valence-corrected chi connectivity index (χ2v) is 18.2. The summed E-state index contributed by atoms with van der Waals surface area (Å²) in [5, 5.41) is 14.6. The number of likely N-dealkylation sites (tertiary alicyclic amines) is 2. The first-order valence-corrected chi connectivity index (χ1v) is 20.5. The van der Waals surface area contributed by atoms with Crippen LogP contribution in [0.25, 0.3) is 33.6 Å². The zero-order chi connectivity index (χ0) is 41.2. The molecule has 4 aliphatic rings. The van der Waals surface area contributed by atoms with Crippen LogP contribution in [0.1, 0.15) is 97.9 Å². The number of aromatic amines is 2. The Hall–Kier alpha value is -5.66. The summed E-state index contributed by atoms with van der Waals surface area (Å²) in [4.78, 5) is 72.1. The van der Waals surface area contributed by atoms with Gasteiger partial charge in [0.1, 0.15) is 29.3 Å². The van der Waals surface area contributed by atoms with E-state index in [1.54, 1.807) is 20.8 Å². The molecule has 0 radical (unpaired) electrons. The minimum absolute atomic E-state index is 0.104. The van der Waals surface area contributed by atoms with E-state index in [2.05, 4.69) is 44.9 Å². The number of carbonyl (C=O) groups is 4. The zero-order valence-corrected chi connectivity index (χ0v) is 34.2. The van der Waals surface area contributed by atoms with Crippen molar-refractivity contribution in [3.8, 4) is 33.6 Å². The number of fused-ring (bicyclic) bond motifs is 2. The predicted octanol–water partition coefficient (Wildman–Crippen LogP) is 7.30.